The van der Waals surface area contributed by atoms with E-state index in [0.29, 0.717) is 43.2 Å². The van der Waals surface area contributed by atoms with E-state index >= 15 is 0 Å². The van der Waals surface area contributed by atoms with Crippen molar-refractivity contribution in [2.75, 3.05) is 46.9 Å². The quantitative estimate of drug-likeness (QED) is 0.724. The number of benzene rings is 2. The maximum atomic E-state index is 12.7. The molecule has 2 aromatic carbocycles. The number of amides is 3. The Morgan fingerprint density at radius 1 is 0.839 bits per heavy atom. The van der Waals surface area contributed by atoms with Crippen LogP contribution in [0.1, 0.15) is 15.9 Å². The molecule has 2 aromatic rings. The Hall–Kier alpha value is -3.55. The van der Waals surface area contributed by atoms with Gasteiger partial charge >= 0.3 is 0 Å². The van der Waals surface area contributed by atoms with E-state index in [-0.39, 0.29) is 30.7 Å². The lowest BCUT2D eigenvalue weighted by atomic mass is 10.1. The Bertz CT molecular complexity index is 924. The van der Waals surface area contributed by atoms with Crippen molar-refractivity contribution in [1.29, 1.82) is 0 Å². The second kappa shape index (κ2) is 10.5. The fourth-order valence-electron chi connectivity index (χ4n) is 3.44. The van der Waals surface area contributed by atoms with Crippen molar-refractivity contribution in [2.45, 2.75) is 6.42 Å². The smallest absolute Gasteiger partial charge is 0.251 e. The van der Waals surface area contributed by atoms with Gasteiger partial charge in [0.05, 0.1) is 27.2 Å². The molecule has 1 saturated heterocycles. The van der Waals surface area contributed by atoms with Crippen molar-refractivity contribution in [3.8, 4) is 11.5 Å². The number of hydrogen-bond acceptors (Lipinski definition) is 5. The molecular weight excluding hydrogens is 398 g/mol. The second-order valence-corrected chi connectivity index (χ2v) is 7.18. The van der Waals surface area contributed by atoms with Crippen LogP contribution in [-0.2, 0) is 16.0 Å². The molecule has 0 atom stereocenters. The highest BCUT2D eigenvalue weighted by atomic mass is 16.5. The van der Waals surface area contributed by atoms with E-state index in [1.165, 1.54) is 0 Å². The molecule has 8 nitrogen and oxygen atoms in total. The van der Waals surface area contributed by atoms with Crippen molar-refractivity contribution < 1.29 is 23.9 Å². The number of piperazine rings is 1. The first kappa shape index (κ1) is 22.1. The Labute approximate surface area is 181 Å². The molecule has 0 radical (unpaired) electrons. The van der Waals surface area contributed by atoms with Crippen molar-refractivity contribution >= 4 is 17.7 Å². The lowest BCUT2D eigenvalue weighted by Crippen LogP contribution is -2.52. The van der Waals surface area contributed by atoms with Gasteiger partial charge in [-0.25, -0.2) is 0 Å². The van der Waals surface area contributed by atoms with Gasteiger partial charge in [-0.2, -0.15) is 0 Å². The molecule has 1 fully saturated rings. The van der Waals surface area contributed by atoms with Gasteiger partial charge in [0.1, 0.15) is 0 Å². The van der Waals surface area contributed by atoms with Crippen LogP contribution in [0.5, 0.6) is 11.5 Å². The normalized spacial score (nSPS) is 13.5. The van der Waals surface area contributed by atoms with Crippen molar-refractivity contribution in [3.63, 3.8) is 0 Å². The van der Waals surface area contributed by atoms with Gasteiger partial charge in [0.2, 0.25) is 11.8 Å². The molecule has 3 amide bonds. The number of carbonyl (C=O) groups excluding carboxylic acids is 3. The minimum atomic E-state index is -0.280. The number of nitrogens with zero attached hydrogens (tertiary/aromatic N) is 2. The zero-order valence-electron chi connectivity index (χ0n) is 17.8. The third-order valence-electron chi connectivity index (χ3n) is 5.22. The highest BCUT2D eigenvalue weighted by molar-refractivity contribution is 5.96. The molecular formula is C23H27N3O5. The highest BCUT2D eigenvalue weighted by Crippen LogP contribution is 2.27. The van der Waals surface area contributed by atoms with Gasteiger partial charge in [-0.3, -0.25) is 14.4 Å². The fourth-order valence-corrected chi connectivity index (χ4v) is 3.44. The van der Waals surface area contributed by atoms with Crippen LogP contribution in [0, 0.1) is 0 Å². The largest absolute Gasteiger partial charge is 0.493 e. The summed E-state index contributed by atoms with van der Waals surface area (Å²) in [7, 11) is 3.12. The molecule has 3 rings (SSSR count). The summed E-state index contributed by atoms with van der Waals surface area (Å²) in [5, 5.41) is 2.65. The third-order valence-corrected chi connectivity index (χ3v) is 5.22. The molecule has 1 aliphatic rings. The summed E-state index contributed by atoms with van der Waals surface area (Å²) in [6.07, 6.45) is 0.251. The van der Waals surface area contributed by atoms with E-state index in [1.54, 1.807) is 60.4 Å². The molecule has 0 saturated carbocycles. The van der Waals surface area contributed by atoms with Crippen LogP contribution in [0.2, 0.25) is 0 Å². The van der Waals surface area contributed by atoms with E-state index in [0.717, 1.165) is 5.56 Å². The summed E-state index contributed by atoms with van der Waals surface area (Å²) >= 11 is 0. The van der Waals surface area contributed by atoms with Crippen LogP contribution in [0.15, 0.2) is 48.5 Å². The number of rotatable bonds is 7. The van der Waals surface area contributed by atoms with E-state index in [1.807, 2.05) is 12.1 Å². The predicted molar refractivity (Wildman–Crippen MR) is 115 cm³/mol. The Morgan fingerprint density at radius 3 is 2.06 bits per heavy atom. The lowest BCUT2D eigenvalue weighted by molar-refractivity contribution is -0.138. The first-order chi connectivity index (χ1) is 15.0. The summed E-state index contributed by atoms with van der Waals surface area (Å²) in [6, 6.07) is 14.2. The summed E-state index contributed by atoms with van der Waals surface area (Å²) in [4.78, 5) is 40.6. The molecule has 31 heavy (non-hydrogen) atoms. The van der Waals surface area contributed by atoms with Gasteiger partial charge in [-0.1, -0.05) is 24.3 Å². The standard InChI is InChI=1S/C23H27N3O5/c1-30-19-9-8-17(14-20(19)31-2)15-21(27)25-10-12-26(13-11-25)22(28)16-24-23(29)18-6-4-3-5-7-18/h3-9,14H,10-13,15-16H2,1-2H3,(H,24,29). The summed E-state index contributed by atoms with van der Waals surface area (Å²) < 4.78 is 10.5. The first-order valence-corrected chi connectivity index (χ1v) is 10.1. The average molecular weight is 425 g/mol. The van der Waals surface area contributed by atoms with Gasteiger partial charge in [0.25, 0.3) is 5.91 Å². The molecule has 0 unspecified atom stereocenters. The Kier molecular flexibility index (Phi) is 7.48. The molecule has 0 aliphatic carbocycles. The van der Waals surface area contributed by atoms with E-state index in [2.05, 4.69) is 5.32 Å². The molecule has 0 bridgehead atoms. The molecule has 1 aliphatic heterocycles. The minimum absolute atomic E-state index is 0.00306. The van der Waals surface area contributed by atoms with Crippen LogP contribution in [0.25, 0.3) is 0 Å². The van der Waals surface area contributed by atoms with Crippen molar-refractivity contribution in [2.24, 2.45) is 0 Å². The first-order valence-electron chi connectivity index (χ1n) is 10.1. The van der Waals surface area contributed by atoms with Gasteiger partial charge in [0.15, 0.2) is 11.5 Å². The molecule has 8 heteroatoms. The number of carbonyl (C=O) groups is 3. The molecule has 1 N–H and O–H groups in total. The Balaban J connectivity index is 1.46. The zero-order valence-corrected chi connectivity index (χ0v) is 17.8. The number of ether oxygens (including phenoxy) is 2. The topological polar surface area (TPSA) is 88.2 Å². The average Bonchev–Trinajstić information content (AvgIpc) is 2.82. The summed E-state index contributed by atoms with van der Waals surface area (Å²) in [6.45, 7) is 1.75. The van der Waals surface area contributed by atoms with Gasteiger partial charge in [0, 0.05) is 31.7 Å². The number of methoxy groups -OCH3 is 2. The van der Waals surface area contributed by atoms with Crippen LogP contribution >= 0.6 is 0 Å². The summed E-state index contributed by atoms with van der Waals surface area (Å²) in [5.41, 5.74) is 1.35. The van der Waals surface area contributed by atoms with Crippen molar-refractivity contribution in [3.05, 3.63) is 59.7 Å². The van der Waals surface area contributed by atoms with E-state index in [9.17, 15) is 14.4 Å². The van der Waals surface area contributed by atoms with E-state index in [4.69, 9.17) is 9.47 Å². The van der Waals surface area contributed by atoms with Crippen LogP contribution < -0.4 is 14.8 Å². The maximum absolute atomic E-state index is 12.7. The van der Waals surface area contributed by atoms with Crippen LogP contribution in [0.3, 0.4) is 0 Å². The predicted octanol–water partition coefficient (Wildman–Crippen LogP) is 1.35. The Morgan fingerprint density at radius 2 is 1.45 bits per heavy atom. The second-order valence-electron chi connectivity index (χ2n) is 7.18. The minimum Gasteiger partial charge on any atom is -0.493 e. The van der Waals surface area contributed by atoms with Gasteiger partial charge in [-0.05, 0) is 29.8 Å². The lowest BCUT2D eigenvalue weighted by Gasteiger charge is -2.35. The number of nitrogens with one attached hydrogen (secondary N) is 1. The molecule has 1 heterocycles. The summed E-state index contributed by atoms with van der Waals surface area (Å²) in [5.74, 6) is 0.761. The third kappa shape index (κ3) is 5.75. The monoisotopic (exact) mass is 425 g/mol. The van der Waals surface area contributed by atoms with Gasteiger partial charge in [-0.15, -0.1) is 0 Å². The van der Waals surface area contributed by atoms with Crippen molar-refractivity contribution in [1.82, 2.24) is 15.1 Å². The molecule has 0 aromatic heterocycles. The fraction of sp³-hybridized carbons (Fsp3) is 0.348. The SMILES string of the molecule is COc1ccc(CC(=O)N2CCN(C(=O)CNC(=O)c3ccccc3)CC2)cc1OC. The zero-order chi connectivity index (χ0) is 22.2. The van der Waals surface area contributed by atoms with E-state index < -0.39 is 0 Å². The highest BCUT2D eigenvalue weighted by Gasteiger charge is 2.24. The van der Waals surface area contributed by atoms with Gasteiger partial charge < -0.3 is 24.6 Å². The number of hydrogen-bond donors (Lipinski definition) is 1. The molecule has 164 valence electrons. The van der Waals surface area contributed by atoms with Crippen LogP contribution in [0.4, 0.5) is 0 Å². The van der Waals surface area contributed by atoms with Crippen LogP contribution in [-0.4, -0.2) is 74.5 Å². The maximum Gasteiger partial charge on any atom is 0.251 e. The molecule has 0 spiro atoms.